The van der Waals surface area contributed by atoms with E-state index in [0.717, 1.165) is 0 Å². The van der Waals surface area contributed by atoms with Crippen molar-refractivity contribution in [1.82, 2.24) is 0 Å². The zero-order valence-electron chi connectivity index (χ0n) is 4.79. The van der Waals surface area contributed by atoms with E-state index in [-0.39, 0.29) is 0 Å². The van der Waals surface area contributed by atoms with Crippen molar-refractivity contribution in [3.05, 3.63) is 11.6 Å². The quantitative estimate of drug-likeness (QED) is 0.325. The third kappa shape index (κ3) is 5.52. The van der Waals surface area contributed by atoms with Crippen LogP contribution in [0.25, 0.3) is 0 Å². The highest BCUT2D eigenvalue weighted by molar-refractivity contribution is 6.34. The Bertz CT molecular complexity index is 77.4. The Labute approximate surface area is 50.5 Å². The number of aliphatic hydroxyl groups excluding tert-OH is 1. The van der Waals surface area contributed by atoms with Crippen LogP contribution in [0, 0.1) is 0 Å². The molecule has 0 aliphatic heterocycles. The van der Waals surface area contributed by atoms with Crippen molar-refractivity contribution in [2.45, 2.75) is 6.92 Å². The molecule has 48 valence electrons. The van der Waals surface area contributed by atoms with Gasteiger partial charge in [-0.05, 0) is 6.92 Å². The molecule has 0 aromatic heterocycles. The highest BCUT2D eigenvalue weighted by Crippen LogP contribution is 1.77. The van der Waals surface area contributed by atoms with E-state index in [1.807, 2.05) is 6.92 Å². The van der Waals surface area contributed by atoms with Crippen LogP contribution in [0.4, 0.5) is 0 Å². The van der Waals surface area contributed by atoms with Crippen LogP contribution < -0.4 is 0 Å². The van der Waals surface area contributed by atoms with E-state index in [2.05, 4.69) is 0 Å². The fourth-order valence-electron chi connectivity index (χ4n) is 0.251. The first kappa shape index (κ1) is 7.52. The Morgan fingerprint density at radius 2 is 2.38 bits per heavy atom. The molecule has 0 saturated carbocycles. The van der Waals surface area contributed by atoms with Gasteiger partial charge in [-0.2, -0.15) is 0 Å². The predicted octanol–water partition coefficient (Wildman–Crippen LogP) is 0.0216. The van der Waals surface area contributed by atoms with Crippen LogP contribution >= 0.6 is 0 Å². The van der Waals surface area contributed by atoms with Crippen LogP contribution in [-0.2, 0) is 4.43 Å². The van der Waals surface area contributed by atoms with Gasteiger partial charge in [-0.1, -0.05) is 0 Å². The Morgan fingerprint density at radius 3 is 2.75 bits per heavy atom. The van der Waals surface area contributed by atoms with Crippen LogP contribution in [-0.4, -0.2) is 26.6 Å². The average Bonchev–Trinajstić information content (AvgIpc) is 1.66. The molecule has 0 radical (unpaired) electrons. The van der Waals surface area contributed by atoms with E-state index < -0.39 is 15.7 Å². The zero-order chi connectivity index (χ0) is 6.41. The molecule has 0 saturated heterocycles. The van der Waals surface area contributed by atoms with Crippen LogP contribution in [0.2, 0.25) is 0 Å². The minimum absolute atomic E-state index is 0.620. The Balaban J connectivity index is 3.03. The topological polar surface area (TPSA) is 49.7 Å². The standard InChI is InChI=1S/C4H10O3Si/c1-2-7-8-3-4(5)6/h3,5-6H,2,8H2,1H3. The Hall–Kier alpha value is -0.483. The Morgan fingerprint density at radius 1 is 1.75 bits per heavy atom. The van der Waals surface area contributed by atoms with Crippen molar-refractivity contribution in [3.63, 3.8) is 0 Å². The summed E-state index contributed by atoms with van der Waals surface area (Å²) in [5, 5.41) is 16.3. The molecule has 0 aliphatic carbocycles. The van der Waals surface area contributed by atoms with Crippen LogP contribution in [0.15, 0.2) is 11.6 Å². The molecule has 0 aromatic rings. The largest absolute Gasteiger partial charge is 0.482 e. The van der Waals surface area contributed by atoms with Gasteiger partial charge in [-0.15, -0.1) is 0 Å². The Kier molecular flexibility index (Phi) is 4.39. The van der Waals surface area contributed by atoms with Crippen molar-refractivity contribution in [3.8, 4) is 0 Å². The molecule has 3 nitrogen and oxygen atoms in total. The lowest BCUT2D eigenvalue weighted by Crippen LogP contribution is -1.95. The molecule has 0 atom stereocenters. The predicted molar refractivity (Wildman–Crippen MR) is 33.5 cm³/mol. The summed E-state index contributed by atoms with van der Waals surface area (Å²) in [6, 6.07) is 0. The molecule has 0 amide bonds. The molecule has 0 rings (SSSR count). The normalized spacial score (nSPS) is 10.1. The van der Waals surface area contributed by atoms with Gasteiger partial charge in [-0.25, -0.2) is 0 Å². The van der Waals surface area contributed by atoms with Crippen molar-refractivity contribution < 1.29 is 14.6 Å². The lowest BCUT2D eigenvalue weighted by molar-refractivity contribution is 0.191. The van der Waals surface area contributed by atoms with Crippen molar-refractivity contribution in [1.29, 1.82) is 0 Å². The smallest absolute Gasteiger partial charge is 0.267 e. The molecule has 2 N–H and O–H groups in total. The first-order valence-corrected chi connectivity index (χ1v) is 3.82. The monoisotopic (exact) mass is 134 g/mol. The molecule has 0 heterocycles. The second-order valence-electron chi connectivity index (χ2n) is 1.22. The van der Waals surface area contributed by atoms with Gasteiger partial charge in [0.25, 0.3) is 5.95 Å². The fraction of sp³-hybridized carbons (Fsp3) is 0.500. The maximum absolute atomic E-state index is 8.15. The number of rotatable bonds is 3. The first-order chi connectivity index (χ1) is 3.77. The third-order valence-corrected chi connectivity index (χ3v) is 1.76. The lowest BCUT2D eigenvalue weighted by atomic mass is 10.9. The average molecular weight is 134 g/mol. The van der Waals surface area contributed by atoms with Gasteiger partial charge in [0.2, 0.25) is 0 Å². The molecule has 0 unspecified atom stereocenters. The van der Waals surface area contributed by atoms with E-state index in [0.29, 0.717) is 6.61 Å². The van der Waals surface area contributed by atoms with Crippen molar-refractivity contribution in [2.75, 3.05) is 6.61 Å². The third-order valence-electron chi connectivity index (χ3n) is 0.588. The maximum atomic E-state index is 8.15. The van der Waals surface area contributed by atoms with Crippen LogP contribution in [0.5, 0.6) is 0 Å². The molecule has 0 spiro atoms. The summed E-state index contributed by atoms with van der Waals surface area (Å²) in [5.74, 6) is -0.620. The minimum Gasteiger partial charge on any atom is -0.482 e. The van der Waals surface area contributed by atoms with Gasteiger partial charge in [0.05, 0.1) is 0 Å². The number of hydrogen-bond donors (Lipinski definition) is 2. The summed E-state index contributed by atoms with van der Waals surface area (Å²) in [6.07, 6.45) is 0. The SMILES string of the molecule is CCO[SiH2]C=C(O)O. The van der Waals surface area contributed by atoms with Crippen molar-refractivity contribution >= 4 is 9.76 Å². The van der Waals surface area contributed by atoms with Gasteiger partial charge >= 0.3 is 0 Å². The summed E-state index contributed by atoms with van der Waals surface area (Å²) < 4.78 is 4.89. The van der Waals surface area contributed by atoms with Gasteiger partial charge in [0, 0.05) is 12.3 Å². The number of hydrogen-bond acceptors (Lipinski definition) is 3. The van der Waals surface area contributed by atoms with Gasteiger partial charge < -0.3 is 14.6 Å². The summed E-state index contributed by atoms with van der Waals surface area (Å²) in [6.45, 7) is 2.52. The summed E-state index contributed by atoms with van der Waals surface area (Å²) >= 11 is 0. The molecule has 0 aliphatic rings. The summed E-state index contributed by atoms with van der Waals surface area (Å²) in [7, 11) is -0.798. The molecular weight excluding hydrogens is 124 g/mol. The second kappa shape index (κ2) is 4.67. The molecular formula is C4H10O3Si. The minimum atomic E-state index is -0.798. The summed E-state index contributed by atoms with van der Waals surface area (Å²) in [4.78, 5) is 0. The molecule has 4 heteroatoms. The molecule has 0 fully saturated rings. The second-order valence-corrected chi connectivity index (χ2v) is 2.37. The maximum Gasteiger partial charge on any atom is 0.267 e. The first-order valence-electron chi connectivity index (χ1n) is 2.43. The molecule has 0 aromatic carbocycles. The van der Waals surface area contributed by atoms with E-state index in [9.17, 15) is 0 Å². The highest BCUT2D eigenvalue weighted by atomic mass is 28.2. The van der Waals surface area contributed by atoms with E-state index in [1.54, 1.807) is 0 Å². The van der Waals surface area contributed by atoms with Gasteiger partial charge in [0.1, 0.15) is 0 Å². The van der Waals surface area contributed by atoms with E-state index in [1.165, 1.54) is 5.70 Å². The fourth-order valence-corrected chi connectivity index (χ4v) is 0.754. The molecule has 8 heavy (non-hydrogen) atoms. The van der Waals surface area contributed by atoms with Crippen LogP contribution in [0.1, 0.15) is 6.92 Å². The zero-order valence-corrected chi connectivity index (χ0v) is 6.21. The summed E-state index contributed by atoms with van der Waals surface area (Å²) in [5.41, 5.74) is 1.32. The van der Waals surface area contributed by atoms with Gasteiger partial charge in [-0.3, -0.25) is 0 Å². The highest BCUT2D eigenvalue weighted by Gasteiger charge is 1.82. The van der Waals surface area contributed by atoms with E-state index in [4.69, 9.17) is 14.6 Å². The number of aliphatic hydroxyl groups is 2. The molecule has 0 bridgehead atoms. The lowest BCUT2D eigenvalue weighted by Gasteiger charge is -1.90. The van der Waals surface area contributed by atoms with E-state index >= 15 is 0 Å². The van der Waals surface area contributed by atoms with Crippen molar-refractivity contribution in [2.24, 2.45) is 0 Å². The van der Waals surface area contributed by atoms with Crippen LogP contribution in [0.3, 0.4) is 0 Å². The van der Waals surface area contributed by atoms with Gasteiger partial charge in [0.15, 0.2) is 9.76 Å².